The van der Waals surface area contributed by atoms with Crippen LogP contribution in [0.25, 0.3) is 11.1 Å². The van der Waals surface area contributed by atoms with Crippen molar-refractivity contribution in [1.29, 1.82) is 5.41 Å². The van der Waals surface area contributed by atoms with Crippen LogP contribution in [0.3, 0.4) is 0 Å². The van der Waals surface area contributed by atoms with Crippen molar-refractivity contribution in [3.05, 3.63) is 59.5 Å². The van der Waals surface area contributed by atoms with Crippen molar-refractivity contribution >= 4 is 27.9 Å². The molecule has 2 heterocycles. The predicted molar refractivity (Wildman–Crippen MR) is 108 cm³/mol. The van der Waals surface area contributed by atoms with Gasteiger partial charge >= 0.3 is 0 Å². The quantitative estimate of drug-likeness (QED) is 0.273. The third kappa shape index (κ3) is 5.34. The molecule has 0 radical (unpaired) electrons. The minimum Gasteiger partial charge on any atom is -0.441 e. The van der Waals surface area contributed by atoms with E-state index >= 15 is 0 Å². The van der Waals surface area contributed by atoms with Crippen LogP contribution in [0.1, 0.15) is 24.8 Å². The Morgan fingerprint density at radius 2 is 2.18 bits per heavy atom. The van der Waals surface area contributed by atoms with Gasteiger partial charge in [0.25, 0.3) is 0 Å². The normalized spacial score (nSPS) is 12.1. The molecule has 0 saturated carbocycles. The van der Waals surface area contributed by atoms with Gasteiger partial charge in [0.05, 0.1) is 12.8 Å². The highest BCUT2D eigenvalue weighted by atomic mass is 35.5. The lowest BCUT2D eigenvalue weighted by molar-refractivity contribution is 0.0550. The topological polar surface area (TPSA) is 101 Å². The largest absolute Gasteiger partial charge is 0.441 e. The Bertz CT molecular complexity index is 945. The Morgan fingerprint density at radius 3 is 2.89 bits per heavy atom. The van der Waals surface area contributed by atoms with E-state index in [2.05, 4.69) is 20.9 Å². The summed E-state index contributed by atoms with van der Waals surface area (Å²) in [5.74, 6) is 1.24. The maximum Gasteiger partial charge on any atom is 0.195 e. The number of halogens is 1. The number of fused-ring (bicyclic) bond motifs is 1. The summed E-state index contributed by atoms with van der Waals surface area (Å²) in [5.41, 5.74) is 6.07. The number of allylic oxidation sites excluding steroid dienone is 1. The average Bonchev–Trinajstić information content (AvgIpc) is 3.28. The van der Waals surface area contributed by atoms with Gasteiger partial charge in [-0.05, 0) is 25.5 Å². The molecule has 0 saturated heterocycles. The minimum absolute atomic E-state index is 0.0590. The molecule has 0 fully saturated rings. The lowest BCUT2D eigenvalue weighted by Crippen LogP contribution is -2.29. The molecule has 0 spiro atoms. The summed E-state index contributed by atoms with van der Waals surface area (Å²) in [6, 6.07) is 7.69. The van der Waals surface area contributed by atoms with Gasteiger partial charge in [-0.25, -0.2) is 4.98 Å². The second kappa shape index (κ2) is 9.38. The number of nitrogens with one attached hydrogen (secondary N) is 3. The second-order valence-electron chi connectivity index (χ2n) is 6.32. The third-order valence-electron chi connectivity index (χ3n) is 4.08. The SMILES string of the molecule is C/C(C(=N)Cl)=C(\NCc1cnn(C)c1)NOCCCc1nc2ccccc2o1. The molecule has 3 rings (SSSR count). The molecule has 3 N–H and O–H groups in total. The van der Waals surface area contributed by atoms with Gasteiger partial charge in [0.15, 0.2) is 11.5 Å². The van der Waals surface area contributed by atoms with Gasteiger partial charge in [-0.1, -0.05) is 23.7 Å². The van der Waals surface area contributed by atoms with Crippen LogP contribution in [-0.2, 0) is 24.9 Å². The van der Waals surface area contributed by atoms with Gasteiger partial charge in [0.2, 0.25) is 0 Å². The molecule has 8 nitrogen and oxygen atoms in total. The molecule has 2 aromatic heterocycles. The van der Waals surface area contributed by atoms with Crippen LogP contribution in [0, 0.1) is 5.41 Å². The summed E-state index contributed by atoms with van der Waals surface area (Å²) in [6.45, 7) is 2.72. The van der Waals surface area contributed by atoms with Crippen molar-refractivity contribution in [1.82, 2.24) is 25.6 Å². The Balaban J connectivity index is 1.47. The maximum atomic E-state index is 7.63. The molecule has 0 bridgehead atoms. The highest BCUT2D eigenvalue weighted by molar-refractivity contribution is 6.68. The lowest BCUT2D eigenvalue weighted by Gasteiger charge is -2.15. The van der Waals surface area contributed by atoms with Gasteiger partial charge in [0.1, 0.15) is 16.5 Å². The fourth-order valence-corrected chi connectivity index (χ4v) is 2.65. The monoisotopic (exact) mass is 402 g/mol. The zero-order valence-electron chi connectivity index (χ0n) is 15.8. The second-order valence-corrected chi connectivity index (χ2v) is 6.70. The Hall–Kier alpha value is -2.84. The summed E-state index contributed by atoms with van der Waals surface area (Å²) < 4.78 is 7.42. The van der Waals surface area contributed by atoms with E-state index in [0.29, 0.717) is 36.9 Å². The number of para-hydroxylation sites is 2. The molecule has 0 atom stereocenters. The van der Waals surface area contributed by atoms with E-state index in [4.69, 9.17) is 26.3 Å². The van der Waals surface area contributed by atoms with Crippen molar-refractivity contribution < 1.29 is 9.25 Å². The zero-order chi connectivity index (χ0) is 19.9. The number of hydrogen-bond donors (Lipinski definition) is 3. The van der Waals surface area contributed by atoms with Crippen LogP contribution in [0.5, 0.6) is 0 Å². The summed E-state index contributed by atoms with van der Waals surface area (Å²) in [7, 11) is 1.86. The molecular weight excluding hydrogens is 380 g/mol. The molecule has 9 heteroatoms. The van der Waals surface area contributed by atoms with Crippen LogP contribution in [-0.4, -0.2) is 26.5 Å². The highest BCUT2D eigenvalue weighted by Gasteiger charge is 2.08. The molecule has 1 aromatic carbocycles. The first-order chi connectivity index (χ1) is 13.5. The average molecular weight is 403 g/mol. The van der Waals surface area contributed by atoms with Crippen molar-refractivity contribution in [2.75, 3.05) is 6.61 Å². The predicted octanol–water partition coefficient (Wildman–Crippen LogP) is 3.25. The van der Waals surface area contributed by atoms with Crippen LogP contribution >= 0.6 is 11.6 Å². The van der Waals surface area contributed by atoms with E-state index in [9.17, 15) is 0 Å². The maximum absolute atomic E-state index is 7.63. The summed E-state index contributed by atoms with van der Waals surface area (Å²) in [5, 5.41) is 14.9. The number of benzene rings is 1. The molecule has 0 aliphatic rings. The highest BCUT2D eigenvalue weighted by Crippen LogP contribution is 2.15. The Labute approximate surface area is 168 Å². The molecule has 0 amide bonds. The first kappa shape index (κ1) is 19.9. The number of hydrogen-bond acceptors (Lipinski definition) is 7. The number of hydroxylamine groups is 1. The van der Waals surface area contributed by atoms with Gasteiger partial charge in [-0.3, -0.25) is 20.4 Å². The Kier molecular flexibility index (Phi) is 6.67. The van der Waals surface area contributed by atoms with Crippen LogP contribution in [0.2, 0.25) is 0 Å². The standard InChI is InChI=1S/C19H23ClN6O2/c1-13(18(20)21)19(22-10-14-11-23-26(2)12-14)25-27-9-5-8-17-24-15-6-3-4-7-16(15)28-17/h3-4,6-7,11-12,21-22,25H,5,8-10H2,1-2H3/b19-13-,21-18?. The van der Waals surface area contributed by atoms with Gasteiger partial charge in [-0.15, -0.1) is 0 Å². The number of oxazole rings is 1. The van der Waals surface area contributed by atoms with Crippen molar-refractivity contribution in [2.24, 2.45) is 7.05 Å². The first-order valence-electron chi connectivity index (χ1n) is 8.92. The van der Waals surface area contributed by atoms with E-state index in [1.807, 2.05) is 37.5 Å². The number of aryl methyl sites for hydroxylation is 2. The van der Waals surface area contributed by atoms with E-state index in [0.717, 1.165) is 23.1 Å². The fraction of sp³-hybridized carbons (Fsp3) is 0.316. The fourth-order valence-electron chi connectivity index (χ4n) is 2.55. The van der Waals surface area contributed by atoms with Gasteiger partial charge in [0, 0.05) is 37.3 Å². The van der Waals surface area contributed by atoms with Gasteiger partial charge in [-0.2, -0.15) is 5.10 Å². The molecule has 148 valence electrons. The molecule has 3 aromatic rings. The summed E-state index contributed by atoms with van der Waals surface area (Å²) in [6.07, 6.45) is 5.08. The number of nitrogens with zero attached hydrogens (tertiary/aromatic N) is 3. The van der Waals surface area contributed by atoms with E-state index < -0.39 is 0 Å². The molecule has 0 aliphatic carbocycles. The van der Waals surface area contributed by atoms with E-state index in [1.165, 1.54) is 0 Å². The van der Waals surface area contributed by atoms with Crippen molar-refractivity contribution in [3.8, 4) is 0 Å². The van der Waals surface area contributed by atoms with Crippen LogP contribution in [0.15, 0.2) is 52.5 Å². The van der Waals surface area contributed by atoms with Crippen molar-refractivity contribution in [2.45, 2.75) is 26.3 Å². The molecule has 0 unspecified atom stereocenters. The Morgan fingerprint density at radius 1 is 1.36 bits per heavy atom. The number of rotatable bonds is 10. The zero-order valence-corrected chi connectivity index (χ0v) is 16.6. The van der Waals surface area contributed by atoms with Crippen LogP contribution < -0.4 is 10.8 Å². The lowest BCUT2D eigenvalue weighted by atomic mass is 10.3. The van der Waals surface area contributed by atoms with Crippen molar-refractivity contribution in [3.63, 3.8) is 0 Å². The number of aromatic nitrogens is 3. The summed E-state index contributed by atoms with van der Waals surface area (Å²) >= 11 is 5.82. The first-order valence-corrected chi connectivity index (χ1v) is 9.29. The van der Waals surface area contributed by atoms with Gasteiger partial charge < -0.3 is 9.73 Å². The van der Waals surface area contributed by atoms with E-state index in [1.54, 1.807) is 17.8 Å². The third-order valence-corrected chi connectivity index (χ3v) is 4.36. The van der Waals surface area contributed by atoms with E-state index in [-0.39, 0.29) is 5.17 Å². The molecule has 0 aliphatic heterocycles. The molecule has 28 heavy (non-hydrogen) atoms. The molecular formula is C19H23ClN6O2. The smallest absolute Gasteiger partial charge is 0.195 e. The summed E-state index contributed by atoms with van der Waals surface area (Å²) in [4.78, 5) is 9.98. The van der Waals surface area contributed by atoms with Crippen LogP contribution in [0.4, 0.5) is 0 Å². The minimum atomic E-state index is -0.0590.